The Labute approximate surface area is 268 Å². The van der Waals surface area contributed by atoms with E-state index in [2.05, 4.69) is 22.5 Å². The van der Waals surface area contributed by atoms with E-state index in [1.54, 1.807) is 18.2 Å². The summed E-state index contributed by atoms with van der Waals surface area (Å²) in [5.41, 5.74) is 0.874. The van der Waals surface area contributed by atoms with E-state index >= 15 is 4.39 Å². The maximum Gasteiger partial charge on any atom is 0.393 e. The Morgan fingerprint density at radius 1 is 1.24 bits per heavy atom. The van der Waals surface area contributed by atoms with Crippen LogP contribution in [0.4, 0.5) is 28.9 Å². The van der Waals surface area contributed by atoms with E-state index in [4.69, 9.17) is 19.7 Å². The molecule has 1 aliphatic rings. The van der Waals surface area contributed by atoms with Gasteiger partial charge in [0.2, 0.25) is 10.0 Å². The van der Waals surface area contributed by atoms with Crippen molar-refractivity contribution in [2.75, 3.05) is 63.7 Å². The Hall–Kier alpha value is -3.17. The summed E-state index contributed by atoms with van der Waals surface area (Å²) in [6, 6.07) is 8.20. The second kappa shape index (κ2) is 15.6. The molecule has 10 nitrogen and oxygen atoms in total. The molecule has 46 heavy (non-hydrogen) atoms. The molecule has 0 saturated carbocycles. The predicted octanol–water partition coefficient (Wildman–Crippen LogP) is 3.32. The number of fused-ring (bicyclic) bond motifs is 1. The molecule has 252 valence electrons. The topological polar surface area (TPSA) is 146 Å². The highest BCUT2D eigenvalue weighted by Crippen LogP contribution is 2.39. The summed E-state index contributed by atoms with van der Waals surface area (Å²) >= 11 is 1.08. The van der Waals surface area contributed by atoms with Crippen molar-refractivity contribution in [3.8, 4) is 17.6 Å². The molecule has 1 fully saturated rings. The minimum absolute atomic E-state index is 0.0203. The summed E-state index contributed by atoms with van der Waals surface area (Å²) in [6.07, 6.45) is -7.28. The summed E-state index contributed by atoms with van der Waals surface area (Å²) in [5.74, 6) is 5.75. The van der Waals surface area contributed by atoms with Crippen LogP contribution in [0.1, 0.15) is 16.9 Å². The highest BCUT2D eigenvalue weighted by Gasteiger charge is 2.33. The first-order valence-corrected chi connectivity index (χ1v) is 16.7. The van der Waals surface area contributed by atoms with E-state index in [1.807, 2.05) is 4.90 Å². The number of β-amino-alcohol motifs (C(OH)–C–C–N with tert-alkyl or cyclic N) is 1. The Morgan fingerprint density at radius 2 is 2.02 bits per heavy atom. The average Bonchev–Trinajstić information content (AvgIpc) is 3.32. The zero-order valence-electron chi connectivity index (χ0n) is 24.9. The number of nitrogens with zero attached hydrogens (tertiary/aromatic N) is 1. The number of piperidine rings is 1. The van der Waals surface area contributed by atoms with Crippen molar-refractivity contribution in [1.82, 2.24) is 4.90 Å². The van der Waals surface area contributed by atoms with Crippen molar-refractivity contribution < 1.29 is 45.7 Å². The zero-order valence-corrected chi connectivity index (χ0v) is 26.6. The minimum Gasteiger partial charge on any atom is -0.489 e. The number of aliphatic hydroxyl groups is 2. The number of nitrogens with one attached hydrogen (secondary N) is 2. The molecular formula is C30H36F4N4O6S2. The molecule has 1 aromatic heterocycles. The molecule has 6 N–H and O–H groups in total. The van der Waals surface area contributed by atoms with Crippen LogP contribution in [0.2, 0.25) is 0 Å². The van der Waals surface area contributed by atoms with Crippen molar-refractivity contribution in [2.24, 2.45) is 5.14 Å². The van der Waals surface area contributed by atoms with E-state index in [9.17, 15) is 26.7 Å². The lowest BCUT2D eigenvalue weighted by Crippen LogP contribution is -2.50. The van der Waals surface area contributed by atoms with Gasteiger partial charge in [-0.3, -0.25) is 4.90 Å². The summed E-state index contributed by atoms with van der Waals surface area (Å²) in [6.45, 7) is 0.568. The largest absolute Gasteiger partial charge is 0.489 e. The molecule has 0 aliphatic carbocycles. The number of sulfonamides is 1. The highest BCUT2D eigenvalue weighted by atomic mass is 32.2. The molecule has 4 rings (SSSR count). The molecule has 1 saturated heterocycles. The smallest absolute Gasteiger partial charge is 0.393 e. The number of likely N-dealkylation sites (tertiary alicyclic amines) is 1. The van der Waals surface area contributed by atoms with Crippen LogP contribution in [0, 0.1) is 11.8 Å². The number of aliphatic hydroxyl groups excluding tert-OH is 2. The molecule has 1 aliphatic heterocycles. The molecule has 3 unspecified atom stereocenters. The first kappa shape index (κ1) is 35.7. The van der Waals surface area contributed by atoms with Gasteiger partial charge in [0, 0.05) is 32.8 Å². The molecule has 0 spiro atoms. The summed E-state index contributed by atoms with van der Waals surface area (Å²) in [7, 11) is -2.54. The Balaban J connectivity index is 1.55. The van der Waals surface area contributed by atoms with Crippen LogP contribution >= 0.6 is 11.3 Å². The lowest BCUT2D eigenvalue weighted by molar-refractivity contribution is -0.126. The number of hydrogen-bond donors (Lipinski definition) is 5. The van der Waals surface area contributed by atoms with Gasteiger partial charge in [0.1, 0.15) is 18.5 Å². The van der Waals surface area contributed by atoms with Crippen molar-refractivity contribution in [1.29, 1.82) is 0 Å². The standard InChI is InChI=1S/C30H36F4N4O6S2/c1-43-18-19(40)16-38-11-9-24(23(31)17-38)37-26-5-2-4-21-22(15-30(32,33)34)28(45-29(21)26)6-3-10-36-25-8-7-20(46(35,41)42)14-27(25)44-13-12-39/h2,4-5,7-8,14,19,23-24,36-37,39-40H,9-13,15-18H2,1H3,(H2,35,41,42). The molecule has 0 amide bonds. The van der Waals surface area contributed by atoms with Gasteiger partial charge in [-0.1, -0.05) is 24.0 Å². The molecule has 2 aromatic carbocycles. The van der Waals surface area contributed by atoms with Crippen molar-refractivity contribution >= 4 is 42.8 Å². The number of anilines is 2. The molecule has 3 aromatic rings. The molecule has 0 radical (unpaired) electrons. The summed E-state index contributed by atoms with van der Waals surface area (Å²) in [4.78, 5) is 1.83. The first-order valence-electron chi connectivity index (χ1n) is 14.3. The zero-order chi connectivity index (χ0) is 33.5. The second-order valence-electron chi connectivity index (χ2n) is 10.7. The Kier molecular flexibility index (Phi) is 12.1. The number of rotatable bonds is 13. The van der Waals surface area contributed by atoms with Crippen molar-refractivity contribution in [3.63, 3.8) is 0 Å². The van der Waals surface area contributed by atoms with Crippen LogP contribution in [0.25, 0.3) is 10.1 Å². The lowest BCUT2D eigenvalue weighted by atomic mass is 10.0. The van der Waals surface area contributed by atoms with Crippen LogP contribution in [-0.4, -0.2) is 101 Å². The normalized spacial score (nSPS) is 18.2. The van der Waals surface area contributed by atoms with Crippen molar-refractivity contribution in [3.05, 3.63) is 46.8 Å². The Morgan fingerprint density at radius 3 is 2.70 bits per heavy atom. The number of halogens is 4. The van der Waals surface area contributed by atoms with Gasteiger partial charge >= 0.3 is 6.18 Å². The van der Waals surface area contributed by atoms with Gasteiger partial charge in [0.05, 0.1) is 64.2 Å². The van der Waals surface area contributed by atoms with E-state index in [1.165, 1.54) is 25.3 Å². The van der Waals surface area contributed by atoms with Gasteiger partial charge in [0.15, 0.2) is 0 Å². The van der Waals surface area contributed by atoms with Gasteiger partial charge in [-0.05, 0) is 35.6 Å². The van der Waals surface area contributed by atoms with Gasteiger partial charge in [-0.2, -0.15) is 13.2 Å². The SMILES string of the molecule is COCC(O)CN1CCC(Nc2cccc3c(CC(F)(F)F)c(C#CCNc4ccc(S(N)(=O)=O)cc4OCCO)sc23)C(F)C1. The van der Waals surface area contributed by atoms with Crippen LogP contribution < -0.4 is 20.5 Å². The van der Waals surface area contributed by atoms with Gasteiger partial charge in [-0.15, -0.1) is 11.3 Å². The molecular weight excluding hydrogens is 652 g/mol. The molecule has 2 heterocycles. The third kappa shape index (κ3) is 9.67. The highest BCUT2D eigenvalue weighted by molar-refractivity contribution is 7.89. The fraction of sp³-hybridized carbons (Fsp3) is 0.467. The predicted molar refractivity (Wildman–Crippen MR) is 169 cm³/mol. The number of ether oxygens (including phenoxy) is 2. The summed E-state index contributed by atoms with van der Waals surface area (Å²) < 4.78 is 90.5. The van der Waals surface area contributed by atoms with E-state index in [0.29, 0.717) is 34.4 Å². The minimum atomic E-state index is -4.50. The summed E-state index contributed by atoms with van der Waals surface area (Å²) in [5, 5.41) is 30.8. The van der Waals surface area contributed by atoms with E-state index in [-0.39, 0.29) is 60.5 Å². The Bertz CT molecular complexity index is 1660. The number of alkyl halides is 4. The van der Waals surface area contributed by atoms with Gasteiger partial charge in [-0.25, -0.2) is 17.9 Å². The number of benzene rings is 2. The van der Waals surface area contributed by atoms with Gasteiger partial charge < -0.3 is 30.3 Å². The van der Waals surface area contributed by atoms with Crippen molar-refractivity contribution in [2.45, 2.75) is 42.2 Å². The fourth-order valence-corrected chi connectivity index (χ4v) is 6.86. The maximum absolute atomic E-state index is 15.2. The van der Waals surface area contributed by atoms with E-state index in [0.717, 1.165) is 11.3 Å². The molecule has 0 bridgehead atoms. The number of nitrogens with two attached hydrogens (primary N) is 1. The monoisotopic (exact) mass is 688 g/mol. The number of primary sulfonamides is 1. The lowest BCUT2D eigenvalue weighted by Gasteiger charge is -2.36. The first-order chi connectivity index (χ1) is 21.8. The third-order valence-electron chi connectivity index (χ3n) is 7.19. The fourth-order valence-electron chi connectivity index (χ4n) is 5.16. The van der Waals surface area contributed by atoms with Crippen LogP contribution in [0.5, 0.6) is 5.75 Å². The maximum atomic E-state index is 15.2. The number of thiophene rings is 1. The average molecular weight is 689 g/mol. The number of hydrogen-bond acceptors (Lipinski definition) is 10. The van der Waals surface area contributed by atoms with Crippen LogP contribution in [-0.2, 0) is 21.2 Å². The van der Waals surface area contributed by atoms with Gasteiger partial charge in [0.25, 0.3) is 0 Å². The number of methoxy groups -OCH3 is 1. The second-order valence-corrected chi connectivity index (χ2v) is 13.3. The molecule has 16 heteroatoms. The quantitative estimate of drug-likeness (QED) is 0.135. The molecule has 3 atom stereocenters. The van der Waals surface area contributed by atoms with Crippen LogP contribution in [0.3, 0.4) is 0 Å². The van der Waals surface area contributed by atoms with E-state index < -0.39 is 40.9 Å². The van der Waals surface area contributed by atoms with Crippen LogP contribution in [0.15, 0.2) is 41.3 Å². The third-order valence-corrected chi connectivity index (χ3v) is 9.30.